The molecule has 1 heterocycles. The average molecular weight is 393 g/mol. The number of hydrogen-bond acceptors (Lipinski definition) is 6. The van der Waals surface area contributed by atoms with Crippen LogP contribution in [0.2, 0.25) is 0 Å². The summed E-state index contributed by atoms with van der Waals surface area (Å²) in [6, 6.07) is 14.7. The average Bonchev–Trinajstić information content (AvgIpc) is 2.78. The molecule has 3 aromatic rings. The maximum atomic E-state index is 12.7. The van der Waals surface area contributed by atoms with E-state index >= 15 is 0 Å². The number of pyridine rings is 1. The van der Waals surface area contributed by atoms with Gasteiger partial charge in [-0.2, -0.15) is 0 Å². The quantitative estimate of drug-likeness (QED) is 0.603. The van der Waals surface area contributed by atoms with Crippen LogP contribution in [0.5, 0.6) is 17.2 Å². The van der Waals surface area contributed by atoms with Gasteiger partial charge in [-0.1, -0.05) is 12.1 Å². The van der Waals surface area contributed by atoms with Gasteiger partial charge in [0.25, 0.3) is 5.91 Å². The largest absolute Gasteiger partial charge is 0.497 e. The van der Waals surface area contributed by atoms with E-state index in [-0.39, 0.29) is 5.91 Å². The van der Waals surface area contributed by atoms with Crippen molar-refractivity contribution in [2.75, 3.05) is 32.0 Å². The Kier molecular flexibility index (Phi) is 6.52. The zero-order chi connectivity index (χ0) is 20.6. The molecule has 0 saturated heterocycles. The zero-order valence-electron chi connectivity index (χ0n) is 16.6. The summed E-state index contributed by atoms with van der Waals surface area (Å²) in [6.07, 6.45) is 3.19. The Morgan fingerprint density at radius 3 is 2.31 bits per heavy atom. The van der Waals surface area contributed by atoms with Crippen LogP contribution in [0.15, 0.2) is 60.9 Å². The van der Waals surface area contributed by atoms with Gasteiger partial charge in [-0.25, -0.2) is 0 Å². The lowest BCUT2D eigenvalue weighted by atomic mass is 10.2. The Bertz CT molecular complexity index is 974. The van der Waals surface area contributed by atoms with Crippen LogP contribution < -0.4 is 24.8 Å². The van der Waals surface area contributed by atoms with Crippen molar-refractivity contribution in [3.8, 4) is 17.2 Å². The normalized spacial score (nSPS) is 10.2. The molecule has 3 rings (SSSR count). The summed E-state index contributed by atoms with van der Waals surface area (Å²) < 4.78 is 15.7. The Hall–Kier alpha value is -3.74. The second-order valence-electron chi connectivity index (χ2n) is 6.18. The summed E-state index contributed by atoms with van der Waals surface area (Å²) in [5, 5.41) is 6.11. The molecule has 0 bridgehead atoms. The number of methoxy groups -OCH3 is 3. The monoisotopic (exact) mass is 393 g/mol. The minimum Gasteiger partial charge on any atom is -0.497 e. The van der Waals surface area contributed by atoms with Crippen LogP contribution in [0.1, 0.15) is 15.9 Å². The molecule has 0 saturated carbocycles. The first-order valence-corrected chi connectivity index (χ1v) is 8.98. The number of nitrogens with one attached hydrogen (secondary N) is 2. The minimum atomic E-state index is -0.294. The van der Waals surface area contributed by atoms with Gasteiger partial charge in [-0.3, -0.25) is 9.78 Å². The third-order valence-electron chi connectivity index (χ3n) is 4.31. The molecule has 150 valence electrons. The molecule has 7 heteroatoms. The SMILES string of the molecule is COc1ccc(CNc2cncc(C(=O)Nc3cc(OC)ccc3OC)c2)cc1. The van der Waals surface area contributed by atoms with Gasteiger partial charge in [-0.05, 0) is 35.9 Å². The van der Waals surface area contributed by atoms with Crippen molar-refractivity contribution in [3.63, 3.8) is 0 Å². The highest BCUT2D eigenvalue weighted by Gasteiger charge is 2.12. The van der Waals surface area contributed by atoms with Gasteiger partial charge in [0.15, 0.2) is 0 Å². The molecule has 0 unspecified atom stereocenters. The number of amides is 1. The lowest BCUT2D eigenvalue weighted by Gasteiger charge is -2.12. The lowest BCUT2D eigenvalue weighted by molar-refractivity contribution is 0.102. The van der Waals surface area contributed by atoms with Gasteiger partial charge in [0.05, 0.1) is 38.3 Å². The molecule has 2 N–H and O–H groups in total. The molecule has 0 atom stereocenters. The van der Waals surface area contributed by atoms with Crippen molar-refractivity contribution >= 4 is 17.3 Å². The van der Waals surface area contributed by atoms with Crippen molar-refractivity contribution in [2.24, 2.45) is 0 Å². The van der Waals surface area contributed by atoms with E-state index in [1.807, 2.05) is 24.3 Å². The maximum absolute atomic E-state index is 12.7. The van der Waals surface area contributed by atoms with E-state index in [4.69, 9.17) is 14.2 Å². The molecule has 29 heavy (non-hydrogen) atoms. The van der Waals surface area contributed by atoms with E-state index < -0.39 is 0 Å². The summed E-state index contributed by atoms with van der Waals surface area (Å²) in [6.45, 7) is 0.598. The standard InChI is InChI=1S/C22H23N3O4/c1-27-18-6-4-15(5-7-18)12-24-17-10-16(13-23-14-17)22(26)25-20-11-19(28-2)8-9-21(20)29-3/h4-11,13-14,24H,12H2,1-3H3,(H,25,26). The first-order valence-electron chi connectivity index (χ1n) is 8.98. The molecule has 0 aliphatic rings. The second-order valence-corrected chi connectivity index (χ2v) is 6.18. The summed E-state index contributed by atoms with van der Waals surface area (Å²) in [7, 11) is 4.74. The molecule has 0 aliphatic heterocycles. The number of rotatable bonds is 8. The van der Waals surface area contributed by atoms with Crippen LogP contribution >= 0.6 is 0 Å². The fourth-order valence-electron chi connectivity index (χ4n) is 2.71. The van der Waals surface area contributed by atoms with E-state index in [0.29, 0.717) is 29.3 Å². The van der Waals surface area contributed by atoms with Gasteiger partial charge < -0.3 is 24.8 Å². The predicted octanol–water partition coefficient (Wildman–Crippen LogP) is 3.97. The number of carbonyl (C=O) groups is 1. The van der Waals surface area contributed by atoms with Crippen molar-refractivity contribution in [2.45, 2.75) is 6.54 Å². The first kappa shape index (κ1) is 20.0. The number of hydrogen-bond donors (Lipinski definition) is 2. The number of anilines is 2. The number of aromatic nitrogens is 1. The van der Waals surface area contributed by atoms with E-state index in [2.05, 4.69) is 15.6 Å². The summed E-state index contributed by atoms with van der Waals surface area (Å²) in [4.78, 5) is 16.9. The van der Waals surface area contributed by atoms with Crippen LogP contribution in [-0.4, -0.2) is 32.2 Å². The molecule has 0 aliphatic carbocycles. The van der Waals surface area contributed by atoms with Crippen LogP contribution in [-0.2, 0) is 6.54 Å². The third-order valence-corrected chi connectivity index (χ3v) is 4.31. The summed E-state index contributed by atoms with van der Waals surface area (Å²) >= 11 is 0. The molecule has 0 fully saturated rings. The summed E-state index contributed by atoms with van der Waals surface area (Å²) in [5.41, 5.74) is 2.77. The Balaban J connectivity index is 1.69. The topological polar surface area (TPSA) is 81.7 Å². The maximum Gasteiger partial charge on any atom is 0.257 e. The molecular weight excluding hydrogens is 370 g/mol. The number of benzene rings is 2. The van der Waals surface area contributed by atoms with Crippen molar-refractivity contribution in [1.82, 2.24) is 4.98 Å². The van der Waals surface area contributed by atoms with Crippen LogP contribution in [0, 0.1) is 0 Å². The highest BCUT2D eigenvalue weighted by atomic mass is 16.5. The molecule has 1 aromatic heterocycles. The molecule has 2 aromatic carbocycles. The summed E-state index contributed by atoms with van der Waals surface area (Å²) in [5.74, 6) is 1.68. The van der Waals surface area contributed by atoms with Gasteiger partial charge in [0.2, 0.25) is 0 Å². The van der Waals surface area contributed by atoms with E-state index in [0.717, 1.165) is 17.0 Å². The van der Waals surface area contributed by atoms with Gasteiger partial charge in [0.1, 0.15) is 17.2 Å². The molecule has 7 nitrogen and oxygen atoms in total. The molecule has 0 spiro atoms. The first-order chi connectivity index (χ1) is 14.1. The molecular formula is C22H23N3O4. The van der Waals surface area contributed by atoms with Gasteiger partial charge >= 0.3 is 0 Å². The van der Waals surface area contributed by atoms with E-state index in [1.165, 1.54) is 6.20 Å². The highest BCUT2D eigenvalue weighted by Crippen LogP contribution is 2.29. The van der Waals surface area contributed by atoms with Crippen molar-refractivity contribution in [3.05, 3.63) is 72.1 Å². The molecule has 1 amide bonds. The lowest BCUT2D eigenvalue weighted by Crippen LogP contribution is -2.13. The smallest absolute Gasteiger partial charge is 0.257 e. The van der Waals surface area contributed by atoms with Crippen molar-refractivity contribution in [1.29, 1.82) is 0 Å². The van der Waals surface area contributed by atoms with Crippen LogP contribution in [0.3, 0.4) is 0 Å². The molecule has 0 radical (unpaired) electrons. The fraction of sp³-hybridized carbons (Fsp3) is 0.182. The number of nitrogens with zero attached hydrogens (tertiary/aromatic N) is 1. The van der Waals surface area contributed by atoms with Crippen LogP contribution in [0.25, 0.3) is 0 Å². The Labute approximate surface area is 169 Å². The number of ether oxygens (including phenoxy) is 3. The van der Waals surface area contributed by atoms with E-state index in [1.54, 1.807) is 51.8 Å². The highest BCUT2D eigenvalue weighted by molar-refractivity contribution is 6.05. The fourth-order valence-corrected chi connectivity index (χ4v) is 2.71. The van der Waals surface area contributed by atoms with E-state index in [9.17, 15) is 4.79 Å². The predicted molar refractivity (Wildman–Crippen MR) is 112 cm³/mol. The van der Waals surface area contributed by atoms with Gasteiger partial charge in [-0.15, -0.1) is 0 Å². The third kappa shape index (κ3) is 5.16. The second kappa shape index (κ2) is 9.45. The zero-order valence-corrected chi connectivity index (χ0v) is 16.6. The van der Waals surface area contributed by atoms with Crippen LogP contribution in [0.4, 0.5) is 11.4 Å². The van der Waals surface area contributed by atoms with Gasteiger partial charge in [0, 0.05) is 25.0 Å². The minimum absolute atomic E-state index is 0.294. The number of carbonyl (C=O) groups excluding carboxylic acids is 1. The Morgan fingerprint density at radius 2 is 1.62 bits per heavy atom. The Morgan fingerprint density at radius 1 is 0.897 bits per heavy atom. The van der Waals surface area contributed by atoms with Crippen molar-refractivity contribution < 1.29 is 19.0 Å².